The summed E-state index contributed by atoms with van der Waals surface area (Å²) < 4.78 is 26.1. The summed E-state index contributed by atoms with van der Waals surface area (Å²) in [6, 6.07) is 15.7. The van der Waals surface area contributed by atoms with Crippen molar-refractivity contribution in [2.75, 3.05) is 20.2 Å². The molecule has 0 radical (unpaired) electrons. The van der Waals surface area contributed by atoms with E-state index in [4.69, 9.17) is 23.8 Å². The molecule has 12 nitrogen and oxygen atoms in total. The first-order valence-electron chi connectivity index (χ1n) is 22.3. The van der Waals surface area contributed by atoms with Crippen molar-refractivity contribution >= 4 is 23.9 Å². The Labute approximate surface area is 348 Å². The van der Waals surface area contributed by atoms with E-state index >= 15 is 4.79 Å². The normalized spacial score (nSPS) is 32.0. The van der Waals surface area contributed by atoms with E-state index in [0.29, 0.717) is 31.0 Å². The van der Waals surface area contributed by atoms with Gasteiger partial charge in [0.1, 0.15) is 35.9 Å². The highest BCUT2D eigenvalue weighted by atomic mass is 16.8. The van der Waals surface area contributed by atoms with E-state index in [9.17, 15) is 14.7 Å². The molecule has 4 heterocycles. The molecule has 3 unspecified atom stereocenters. The Kier molecular flexibility index (Phi) is 12.9. The maximum atomic E-state index is 15.6. The molecule has 0 aromatic heterocycles. The molecule has 2 aliphatic carbocycles. The Hall–Kier alpha value is -3.65. The Morgan fingerprint density at radius 3 is 2.42 bits per heavy atom. The SMILES string of the molecule is CCCCCC1(CCCCC)O[C@@H]2[C@H](O1)[C@H]1ON(Cc3cccc(C=CC4CCC5OC5C4)c3)[C@@H]3C(=O)O[C@@H]2C[C@]13C(=O)N(C)[C@H](Cc1ccccc1)C(=O)NCCO. The maximum absolute atomic E-state index is 15.6. The van der Waals surface area contributed by atoms with Crippen LogP contribution >= 0.6 is 0 Å². The number of rotatable bonds is 19. The first-order chi connectivity index (χ1) is 28.7. The van der Waals surface area contributed by atoms with Crippen molar-refractivity contribution in [2.45, 2.75) is 158 Å². The smallest absolute Gasteiger partial charge is 0.327 e. The van der Waals surface area contributed by atoms with Crippen LogP contribution in [0.15, 0.2) is 60.7 Å². The second-order valence-corrected chi connectivity index (χ2v) is 17.7. The minimum Gasteiger partial charge on any atom is -0.458 e. The van der Waals surface area contributed by atoms with Crippen LogP contribution in [0.25, 0.3) is 6.08 Å². The molecule has 2 saturated carbocycles. The van der Waals surface area contributed by atoms with Gasteiger partial charge in [0.15, 0.2) is 11.8 Å². The van der Waals surface area contributed by atoms with Gasteiger partial charge in [0.25, 0.3) is 0 Å². The van der Waals surface area contributed by atoms with Gasteiger partial charge < -0.3 is 34.3 Å². The third kappa shape index (κ3) is 8.63. The van der Waals surface area contributed by atoms with Crippen molar-refractivity contribution < 1.29 is 43.3 Å². The molecule has 2 amide bonds. The third-order valence-electron chi connectivity index (χ3n) is 13.6. The van der Waals surface area contributed by atoms with Crippen molar-refractivity contribution in [3.05, 3.63) is 77.4 Å². The van der Waals surface area contributed by atoms with Gasteiger partial charge in [0, 0.05) is 39.3 Å². The molecule has 0 spiro atoms. The van der Waals surface area contributed by atoms with Crippen molar-refractivity contribution in [2.24, 2.45) is 11.3 Å². The monoisotopic (exact) mass is 813 g/mol. The molecular weight excluding hydrogens is 751 g/mol. The highest BCUT2D eigenvalue weighted by Crippen LogP contribution is 2.58. The Balaban J connectivity index is 1.13. The van der Waals surface area contributed by atoms with E-state index in [0.717, 1.165) is 74.5 Å². The number of aliphatic hydroxyl groups is 1. The molecular formula is C47H63N3O9. The maximum Gasteiger partial charge on any atom is 0.327 e. The number of hydroxylamine groups is 2. The number of ether oxygens (including phenoxy) is 4. The summed E-state index contributed by atoms with van der Waals surface area (Å²) in [6.45, 7) is 4.38. The number of likely N-dealkylation sites (N-methyl/N-ethyl adjacent to an activating group) is 1. The van der Waals surface area contributed by atoms with Gasteiger partial charge in [-0.3, -0.25) is 19.2 Å². The predicted octanol–water partition coefficient (Wildman–Crippen LogP) is 5.89. The predicted molar refractivity (Wildman–Crippen MR) is 220 cm³/mol. The molecule has 59 heavy (non-hydrogen) atoms. The summed E-state index contributed by atoms with van der Waals surface area (Å²) in [6.07, 6.45) is 13.5. The van der Waals surface area contributed by atoms with Crippen LogP contribution in [0.5, 0.6) is 0 Å². The highest BCUT2D eigenvalue weighted by molar-refractivity contribution is 5.96. The van der Waals surface area contributed by atoms with Gasteiger partial charge in [-0.05, 0) is 54.7 Å². The molecule has 320 valence electrons. The number of hydrogen-bond donors (Lipinski definition) is 2. The largest absolute Gasteiger partial charge is 0.458 e. The first-order valence-corrected chi connectivity index (χ1v) is 22.3. The molecule has 4 saturated heterocycles. The molecule has 4 aliphatic heterocycles. The molecule has 2 N–H and O–H groups in total. The van der Waals surface area contributed by atoms with E-state index in [1.807, 2.05) is 42.5 Å². The summed E-state index contributed by atoms with van der Waals surface area (Å²) in [5, 5.41) is 14.0. The van der Waals surface area contributed by atoms with E-state index in [1.54, 1.807) is 12.1 Å². The van der Waals surface area contributed by atoms with Gasteiger partial charge >= 0.3 is 5.97 Å². The lowest BCUT2D eigenvalue weighted by atomic mass is 9.62. The van der Waals surface area contributed by atoms with Gasteiger partial charge in [0.2, 0.25) is 11.8 Å². The van der Waals surface area contributed by atoms with Crippen molar-refractivity contribution in [3.63, 3.8) is 0 Å². The van der Waals surface area contributed by atoms with Gasteiger partial charge in [-0.1, -0.05) is 106 Å². The van der Waals surface area contributed by atoms with Crippen LogP contribution < -0.4 is 5.32 Å². The minimum atomic E-state index is -1.43. The highest BCUT2D eigenvalue weighted by Gasteiger charge is 2.76. The van der Waals surface area contributed by atoms with Crippen LogP contribution in [-0.4, -0.2) is 108 Å². The van der Waals surface area contributed by atoms with Crippen LogP contribution in [0.3, 0.4) is 0 Å². The standard InChI is InChI=1S/C47H63N3O9/c1-4-6-11-22-46(23-12-7-5-2)57-39-38-29-47(45(54)49(3)35(43(52)48-24-25-51)27-31-14-9-8-10-15-31)41(44(53)56-38)50(59-42(47)40(39)58-46)30-34-17-13-16-32(26-34)18-19-33-20-21-36-37(28-33)55-36/h8-10,13-19,26,33,35-42,51H,4-7,11-12,20-25,27-30H2,1-3H3,(H,48,52)/t33?,35-,36?,37?,38-,39+,40+,41-,42-,47-/m1/s1. The first kappa shape index (κ1) is 42.1. The number of benzene rings is 2. The molecule has 12 heteroatoms. The average Bonchev–Trinajstić information content (AvgIpc) is 3.80. The van der Waals surface area contributed by atoms with Crippen molar-refractivity contribution in [1.29, 1.82) is 0 Å². The number of unbranched alkanes of at least 4 members (excludes halogenated alkanes) is 4. The Morgan fingerprint density at radius 1 is 0.949 bits per heavy atom. The van der Waals surface area contributed by atoms with Crippen molar-refractivity contribution in [3.8, 4) is 0 Å². The van der Waals surface area contributed by atoms with Crippen LogP contribution in [0.4, 0.5) is 0 Å². The lowest BCUT2D eigenvalue weighted by Crippen LogP contribution is -2.70. The minimum absolute atomic E-state index is 0.0468. The fourth-order valence-electron chi connectivity index (χ4n) is 10.5. The second kappa shape index (κ2) is 18.1. The van der Waals surface area contributed by atoms with Crippen LogP contribution in [0.1, 0.15) is 108 Å². The van der Waals surface area contributed by atoms with Gasteiger partial charge in [-0.15, -0.1) is 0 Å². The zero-order valence-electron chi connectivity index (χ0n) is 35.0. The van der Waals surface area contributed by atoms with Gasteiger partial charge in [0.05, 0.1) is 25.4 Å². The second-order valence-electron chi connectivity index (χ2n) is 17.7. The molecule has 8 rings (SSSR count). The quantitative estimate of drug-likeness (QED) is 0.100. The van der Waals surface area contributed by atoms with Gasteiger partial charge in [-0.2, -0.15) is 5.06 Å². The fourth-order valence-corrected chi connectivity index (χ4v) is 10.5. The van der Waals surface area contributed by atoms with E-state index in [-0.39, 0.29) is 38.4 Å². The number of fused-ring (bicyclic) bond motifs is 5. The molecule has 6 aliphatic rings. The number of amides is 2. The summed E-state index contributed by atoms with van der Waals surface area (Å²) in [4.78, 5) is 52.5. The van der Waals surface area contributed by atoms with Crippen LogP contribution in [0.2, 0.25) is 0 Å². The summed E-state index contributed by atoms with van der Waals surface area (Å²) in [5.74, 6) is -1.72. The number of esters is 1. The van der Waals surface area contributed by atoms with Crippen LogP contribution in [-0.2, 0) is 51.1 Å². The van der Waals surface area contributed by atoms with E-state index in [1.165, 1.54) is 4.90 Å². The number of epoxide rings is 1. The summed E-state index contributed by atoms with van der Waals surface area (Å²) >= 11 is 0. The van der Waals surface area contributed by atoms with Crippen LogP contribution in [0, 0.1) is 11.3 Å². The van der Waals surface area contributed by atoms with Crippen molar-refractivity contribution in [1.82, 2.24) is 15.3 Å². The number of hydrogen-bond acceptors (Lipinski definition) is 10. The summed E-state index contributed by atoms with van der Waals surface area (Å²) in [5.41, 5.74) is 1.40. The average molecular weight is 814 g/mol. The number of nitrogens with one attached hydrogen (secondary N) is 1. The number of allylic oxidation sites excluding steroid dienone is 1. The number of aliphatic hydroxyl groups excluding tert-OH is 1. The topological polar surface area (TPSA) is 139 Å². The zero-order chi connectivity index (χ0) is 41.1. The molecule has 6 fully saturated rings. The Bertz CT molecular complexity index is 1810. The fraction of sp³-hybridized carbons (Fsp3) is 0.638. The van der Waals surface area contributed by atoms with Gasteiger partial charge in [-0.25, -0.2) is 0 Å². The number of nitrogens with zero attached hydrogens (tertiary/aromatic N) is 2. The molecule has 10 atom stereocenters. The molecule has 2 aromatic rings. The zero-order valence-corrected chi connectivity index (χ0v) is 35.0. The number of carbonyl (C=O) groups is 3. The Morgan fingerprint density at radius 2 is 1.69 bits per heavy atom. The lowest BCUT2D eigenvalue weighted by Gasteiger charge is -2.50. The van der Waals surface area contributed by atoms with E-state index < -0.39 is 59.6 Å². The summed E-state index contributed by atoms with van der Waals surface area (Å²) in [7, 11) is 1.64. The molecule has 2 bridgehead atoms. The van der Waals surface area contributed by atoms with E-state index in [2.05, 4.69) is 43.4 Å². The molecule has 2 aromatic carbocycles. The lowest BCUT2D eigenvalue weighted by molar-refractivity contribution is -0.225. The number of carbonyl (C=O) groups excluding carboxylic acids is 3. The third-order valence-corrected chi connectivity index (χ3v) is 13.6.